The molecule has 0 saturated carbocycles. The number of rotatable bonds is 6. The minimum Gasteiger partial charge on any atom is -0.339 e. The molecule has 0 bridgehead atoms. The van der Waals surface area contributed by atoms with Crippen LogP contribution in [0.1, 0.15) is 62.2 Å². The zero-order chi connectivity index (χ0) is 32.1. The summed E-state index contributed by atoms with van der Waals surface area (Å²) in [7, 11) is 4.04. The fourth-order valence-corrected chi connectivity index (χ4v) is 8.23. The van der Waals surface area contributed by atoms with E-state index in [1.54, 1.807) is 11.0 Å². The van der Waals surface area contributed by atoms with Crippen LogP contribution < -0.4 is 10.3 Å². The van der Waals surface area contributed by atoms with Crippen molar-refractivity contribution in [2.24, 2.45) is 12.5 Å². The molecule has 1 N–H and O–H groups in total. The molecule has 47 heavy (non-hydrogen) atoms. The summed E-state index contributed by atoms with van der Waals surface area (Å²) in [5.74, 6) is 0.886. The Morgan fingerprint density at radius 1 is 1.02 bits per heavy atom. The number of likely N-dealkylation sites (tertiary alicyclic amines) is 1. The van der Waals surface area contributed by atoms with Crippen molar-refractivity contribution < 1.29 is 9.59 Å². The van der Waals surface area contributed by atoms with Crippen LogP contribution in [0.2, 0.25) is 0 Å². The van der Waals surface area contributed by atoms with Gasteiger partial charge < -0.3 is 10.2 Å². The van der Waals surface area contributed by atoms with Crippen LogP contribution in [0.4, 0.5) is 0 Å². The molecule has 244 valence electrons. The van der Waals surface area contributed by atoms with Crippen molar-refractivity contribution in [2.45, 2.75) is 57.0 Å². The average Bonchev–Trinajstić information content (AvgIpc) is 3.89. The predicted molar refractivity (Wildman–Crippen MR) is 181 cm³/mol. The Bertz CT molecular complexity index is 1830. The van der Waals surface area contributed by atoms with Crippen LogP contribution in [-0.2, 0) is 16.6 Å². The van der Waals surface area contributed by atoms with Crippen LogP contribution in [0.25, 0.3) is 27.9 Å². The van der Waals surface area contributed by atoms with Crippen molar-refractivity contribution in [1.29, 1.82) is 0 Å². The Morgan fingerprint density at radius 3 is 2.57 bits per heavy atom. The van der Waals surface area contributed by atoms with E-state index in [0.29, 0.717) is 31.9 Å². The number of hydrogen-bond acceptors (Lipinski definition) is 7. The minimum atomic E-state index is -0.494. The molecule has 8 rings (SSSR count). The number of aryl methyl sites for hydroxylation is 1. The summed E-state index contributed by atoms with van der Waals surface area (Å²) in [6.45, 7) is 3.73. The first kappa shape index (κ1) is 30.0. The van der Waals surface area contributed by atoms with Gasteiger partial charge in [0, 0.05) is 44.1 Å². The van der Waals surface area contributed by atoms with Crippen LogP contribution in [0.15, 0.2) is 60.9 Å². The molecule has 2 unspecified atom stereocenters. The van der Waals surface area contributed by atoms with E-state index in [1.165, 1.54) is 18.4 Å². The van der Waals surface area contributed by atoms with E-state index >= 15 is 0 Å². The second kappa shape index (κ2) is 12.0. The third-order valence-corrected chi connectivity index (χ3v) is 10.9. The molecule has 3 fully saturated rings. The maximum atomic E-state index is 14.4. The van der Waals surface area contributed by atoms with E-state index in [9.17, 15) is 9.59 Å². The smallest absolute Gasteiger partial charge is 0.250 e. The van der Waals surface area contributed by atoms with Gasteiger partial charge in [-0.3, -0.25) is 19.2 Å². The molecule has 3 saturated heterocycles. The lowest BCUT2D eigenvalue weighted by Crippen LogP contribution is -2.48. The summed E-state index contributed by atoms with van der Waals surface area (Å²) in [5, 5.41) is 16.0. The Hall–Kier alpha value is -4.35. The van der Waals surface area contributed by atoms with Gasteiger partial charge in [0.15, 0.2) is 5.82 Å². The topological polar surface area (TPSA) is 104 Å². The number of carbonyl (C=O) groups is 2. The van der Waals surface area contributed by atoms with E-state index in [2.05, 4.69) is 75.9 Å². The zero-order valence-corrected chi connectivity index (χ0v) is 27.3. The van der Waals surface area contributed by atoms with Gasteiger partial charge in [-0.15, -0.1) is 0 Å². The Balaban J connectivity index is 1.03. The molecule has 3 atom stereocenters. The number of carbonyl (C=O) groups excluding carboxylic acids is 2. The van der Waals surface area contributed by atoms with E-state index in [4.69, 9.17) is 5.10 Å². The number of para-hydroxylation sites is 1. The molecule has 2 amide bonds. The molecular formula is C36H43N9O2. The SMILES string of the molecule is CN1CCCCC1c1nn(N2C(=O)C3(CCNC3)C[C@H]2CC(=O)N2CC=C(c3ccc(-c4ncn(C)n4)cc3)CC2)c2ccccc12. The summed E-state index contributed by atoms with van der Waals surface area (Å²) in [6.07, 6.45) is 9.81. The van der Waals surface area contributed by atoms with Crippen molar-refractivity contribution in [3.63, 3.8) is 0 Å². The molecule has 2 aromatic heterocycles. The molecule has 4 aromatic rings. The zero-order valence-electron chi connectivity index (χ0n) is 27.3. The van der Waals surface area contributed by atoms with Crippen molar-refractivity contribution in [2.75, 3.05) is 44.8 Å². The maximum Gasteiger partial charge on any atom is 0.250 e. The quantitative estimate of drug-likeness (QED) is 0.344. The van der Waals surface area contributed by atoms with E-state index in [0.717, 1.165) is 60.1 Å². The Kier molecular flexibility index (Phi) is 7.68. The lowest BCUT2D eigenvalue weighted by atomic mass is 9.83. The number of fused-ring (bicyclic) bond motifs is 1. The molecular weight excluding hydrogens is 590 g/mol. The van der Waals surface area contributed by atoms with Crippen LogP contribution >= 0.6 is 0 Å². The van der Waals surface area contributed by atoms with Gasteiger partial charge in [-0.2, -0.15) is 15.0 Å². The van der Waals surface area contributed by atoms with E-state index in [1.807, 2.05) is 27.8 Å². The van der Waals surface area contributed by atoms with Gasteiger partial charge in [0.1, 0.15) is 6.33 Å². The highest BCUT2D eigenvalue weighted by atomic mass is 16.2. The lowest BCUT2D eigenvalue weighted by molar-refractivity contribution is -0.131. The standard InChI is InChI=1S/C36H43N9O2/c1-41-18-6-5-9-31(41)33-29-7-3-4-8-30(29)45(39-33)44-28(22-36(35(44)47)16-17-37-23-36)21-32(46)43-19-14-26(15-20-43)25-10-12-27(13-11-25)34-38-24-42(2)40-34/h3-4,7-8,10-14,24,28,31,37H,5-6,9,15-23H2,1-2H3/t28-,31?,36?/m1/s1. The van der Waals surface area contributed by atoms with Crippen molar-refractivity contribution in [3.8, 4) is 11.4 Å². The maximum absolute atomic E-state index is 14.4. The Labute approximate surface area is 275 Å². The van der Waals surface area contributed by atoms with Crippen LogP contribution in [0.3, 0.4) is 0 Å². The number of nitrogens with one attached hydrogen (secondary N) is 1. The van der Waals surface area contributed by atoms with Crippen molar-refractivity contribution in [3.05, 3.63) is 72.2 Å². The van der Waals surface area contributed by atoms with Gasteiger partial charge in [-0.25, -0.2) is 9.99 Å². The summed E-state index contributed by atoms with van der Waals surface area (Å²) < 4.78 is 1.70. The predicted octanol–water partition coefficient (Wildman–Crippen LogP) is 3.91. The van der Waals surface area contributed by atoms with Gasteiger partial charge in [0.2, 0.25) is 5.91 Å². The van der Waals surface area contributed by atoms with E-state index < -0.39 is 5.41 Å². The number of aromatic nitrogens is 5. The lowest BCUT2D eigenvalue weighted by Gasteiger charge is -2.31. The molecule has 0 aliphatic carbocycles. The highest BCUT2D eigenvalue weighted by molar-refractivity contribution is 5.98. The van der Waals surface area contributed by atoms with Crippen molar-refractivity contribution in [1.82, 2.24) is 39.8 Å². The molecule has 0 radical (unpaired) electrons. The average molecular weight is 634 g/mol. The first-order chi connectivity index (χ1) is 22.9. The third-order valence-electron chi connectivity index (χ3n) is 10.9. The van der Waals surface area contributed by atoms with E-state index in [-0.39, 0.29) is 30.3 Å². The van der Waals surface area contributed by atoms with Gasteiger partial charge in [0.25, 0.3) is 5.91 Å². The summed E-state index contributed by atoms with van der Waals surface area (Å²) in [5.41, 5.74) is 4.86. The minimum absolute atomic E-state index is 0.0854. The fraction of sp³-hybridized carbons (Fsp3) is 0.472. The van der Waals surface area contributed by atoms with Crippen LogP contribution in [-0.4, -0.2) is 92.1 Å². The highest BCUT2D eigenvalue weighted by Gasteiger charge is 2.55. The molecule has 4 aliphatic heterocycles. The largest absolute Gasteiger partial charge is 0.339 e. The number of hydrogen-bond donors (Lipinski definition) is 1. The second-order valence-electron chi connectivity index (χ2n) is 13.8. The first-order valence-electron chi connectivity index (χ1n) is 17.1. The highest BCUT2D eigenvalue weighted by Crippen LogP contribution is 2.43. The number of piperidine rings is 1. The molecule has 4 aliphatic rings. The first-order valence-corrected chi connectivity index (χ1v) is 17.1. The van der Waals surface area contributed by atoms with Gasteiger partial charge in [-0.05, 0) is 69.4 Å². The van der Waals surface area contributed by atoms with Gasteiger partial charge in [-0.1, -0.05) is 55.0 Å². The molecule has 2 aromatic carbocycles. The number of amides is 2. The monoisotopic (exact) mass is 633 g/mol. The third kappa shape index (κ3) is 5.35. The van der Waals surface area contributed by atoms with Crippen LogP contribution in [0, 0.1) is 5.41 Å². The summed E-state index contributed by atoms with van der Waals surface area (Å²) >= 11 is 0. The second-order valence-corrected chi connectivity index (χ2v) is 13.8. The molecule has 6 heterocycles. The molecule has 11 nitrogen and oxygen atoms in total. The van der Waals surface area contributed by atoms with Crippen molar-refractivity contribution >= 4 is 28.3 Å². The fourth-order valence-electron chi connectivity index (χ4n) is 8.23. The normalized spacial score (nSPS) is 25.3. The Morgan fingerprint density at radius 2 is 1.85 bits per heavy atom. The summed E-state index contributed by atoms with van der Waals surface area (Å²) in [6, 6.07) is 16.6. The van der Waals surface area contributed by atoms with Gasteiger partial charge in [0.05, 0.1) is 28.7 Å². The molecule has 1 spiro atoms. The number of nitrogens with zero attached hydrogens (tertiary/aromatic N) is 8. The van der Waals surface area contributed by atoms with Gasteiger partial charge >= 0.3 is 0 Å². The molecule has 11 heteroatoms. The van der Waals surface area contributed by atoms with Crippen LogP contribution in [0.5, 0.6) is 0 Å². The number of benzene rings is 2. The summed E-state index contributed by atoms with van der Waals surface area (Å²) in [4.78, 5) is 38.9.